The molecule has 102 valence electrons. The molecule has 0 unspecified atom stereocenters. The van der Waals surface area contributed by atoms with Crippen molar-refractivity contribution in [2.75, 3.05) is 6.67 Å². The van der Waals surface area contributed by atoms with Crippen molar-refractivity contribution in [2.45, 2.75) is 83.5 Å². The third kappa shape index (κ3) is 15.6. The van der Waals surface area contributed by atoms with Gasteiger partial charge in [0, 0.05) is 6.42 Å². The second-order valence-corrected chi connectivity index (χ2v) is 4.89. The summed E-state index contributed by atoms with van der Waals surface area (Å²) < 4.78 is 11.8. The maximum absolute atomic E-state index is 11.8. The number of aldehydes is 1. The maximum Gasteiger partial charge on any atom is 0.119 e. The number of carbonyl (C=O) groups is 1. The van der Waals surface area contributed by atoms with Gasteiger partial charge in [-0.05, 0) is 12.8 Å². The van der Waals surface area contributed by atoms with E-state index in [4.69, 9.17) is 0 Å². The Balaban J connectivity index is 2.87. The Morgan fingerprint density at radius 3 is 1.29 bits per heavy atom. The van der Waals surface area contributed by atoms with Crippen LogP contribution in [0.25, 0.3) is 0 Å². The Bertz CT molecular complexity index is 148. The first kappa shape index (κ1) is 16.6. The lowest BCUT2D eigenvalue weighted by molar-refractivity contribution is -0.107. The quantitative estimate of drug-likeness (QED) is 0.302. The fourth-order valence-corrected chi connectivity index (χ4v) is 2.09. The molecule has 0 aliphatic carbocycles. The summed E-state index contributed by atoms with van der Waals surface area (Å²) in [5.41, 5.74) is 0. The van der Waals surface area contributed by atoms with E-state index >= 15 is 0 Å². The number of hydrogen-bond acceptors (Lipinski definition) is 1. The van der Waals surface area contributed by atoms with Crippen LogP contribution in [0.5, 0.6) is 0 Å². The summed E-state index contributed by atoms with van der Waals surface area (Å²) in [5, 5.41) is 0. The molecule has 0 fully saturated rings. The first-order valence-electron chi connectivity index (χ1n) is 7.41. The van der Waals surface area contributed by atoms with Gasteiger partial charge in [-0.25, -0.2) is 0 Å². The third-order valence-corrected chi connectivity index (χ3v) is 3.21. The van der Waals surface area contributed by atoms with Crippen molar-refractivity contribution >= 4 is 6.29 Å². The Hall–Kier alpha value is -0.400. The van der Waals surface area contributed by atoms with Crippen molar-refractivity contribution in [1.29, 1.82) is 0 Å². The number of hydrogen-bond donors (Lipinski definition) is 0. The Morgan fingerprint density at radius 2 is 0.941 bits per heavy atom. The van der Waals surface area contributed by atoms with Crippen molar-refractivity contribution in [3.8, 4) is 0 Å². The van der Waals surface area contributed by atoms with E-state index in [-0.39, 0.29) is 6.67 Å². The predicted octanol–water partition coefficient (Wildman–Crippen LogP) is 5.23. The molecule has 17 heavy (non-hydrogen) atoms. The minimum atomic E-state index is -0.149. The summed E-state index contributed by atoms with van der Waals surface area (Å²) in [6.07, 6.45) is 16.3. The molecule has 0 aliphatic rings. The van der Waals surface area contributed by atoms with Crippen LogP contribution in [-0.4, -0.2) is 13.0 Å². The Morgan fingerprint density at radius 1 is 0.588 bits per heavy atom. The molecular formula is C15H29FO. The van der Waals surface area contributed by atoms with Gasteiger partial charge in [-0.1, -0.05) is 64.2 Å². The largest absolute Gasteiger partial charge is 0.303 e. The topological polar surface area (TPSA) is 17.1 Å². The molecule has 0 N–H and O–H groups in total. The van der Waals surface area contributed by atoms with Crippen LogP contribution in [0.4, 0.5) is 4.39 Å². The van der Waals surface area contributed by atoms with E-state index in [0.29, 0.717) is 0 Å². The molecule has 0 aromatic heterocycles. The zero-order valence-corrected chi connectivity index (χ0v) is 11.3. The zero-order valence-electron chi connectivity index (χ0n) is 11.3. The molecule has 0 aromatic rings. The van der Waals surface area contributed by atoms with Crippen LogP contribution in [0.2, 0.25) is 0 Å². The summed E-state index contributed by atoms with van der Waals surface area (Å²) in [6.45, 7) is -0.149. The molecule has 0 heterocycles. The lowest BCUT2D eigenvalue weighted by atomic mass is 10.0. The summed E-state index contributed by atoms with van der Waals surface area (Å²) in [4.78, 5) is 10.1. The molecule has 0 aliphatic heterocycles. The van der Waals surface area contributed by atoms with E-state index in [1.54, 1.807) is 0 Å². The summed E-state index contributed by atoms with van der Waals surface area (Å²) in [7, 11) is 0. The number of halogens is 1. The SMILES string of the molecule is O=CCCCCCCCCCCCCCCF. The Kier molecular flexibility index (Phi) is 15.2. The monoisotopic (exact) mass is 244 g/mol. The number of rotatable bonds is 14. The molecule has 1 nitrogen and oxygen atoms in total. The minimum Gasteiger partial charge on any atom is -0.303 e. The number of unbranched alkanes of at least 4 members (excludes halogenated alkanes) is 12. The fraction of sp³-hybridized carbons (Fsp3) is 0.933. The lowest BCUT2D eigenvalue weighted by Crippen LogP contribution is -1.83. The summed E-state index contributed by atoms with van der Waals surface area (Å²) in [5.74, 6) is 0. The van der Waals surface area contributed by atoms with Gasteiger partial charge in [0.15, 0.2) is 0 Å². The zero-order chi connectivity index (χ0) is 12.6. The van der Waals surface area contributed by atoms with Gasteiger partial charge in [-0.2, -0.15) is 0 Å². The molecular weight excluding hydrogens is 215 g/mol. The normalized spacial score (nSPS) is 10.6. The highest BCUT2D eigenvalue weighted by molar-refractivity contribution is 5.48. The minimum absolute atomic E-state index is 0.149. The van der Waals surface area contributed by atoms with Crippen molar-refractivity contribution in [2.24, 2.45) is 0 Å². The van der Waals surface area contributed by atoms with Crippen LogP contribution in [0.1, 0.15) is 83.5 Å². The summed E-state index contributed by atoms with van der Waals surface area (Å²) >= 11 is 0. The second kappa shape index (κ2) is 15.6. The molecule has 0 atom stereocenters. The van der Waals surface area contributed by atoms with Gasteiger partial charge in [0.2, 0.25) is 0 Å². The van der Waals surface area contributed by atoms with E-state index in [2.05, 4.69) is 0 Å². The van der Waals surface area contributed by atoms with Gasteiger partial charge in [-0.15, -0.1) is 0 Å². The first-order valence-corrected chi connectivity index (χ1v) is 7.41. The van der Waals surface area contributed by atoms with E-state index in [1.807, 2.05) is 0 Å². The van der Waals surface area contributed by atoms with Crippen LogP contribution in [-0.2, 0) is 4.79 Å². The van der Waals surface area contributed by atoms with Crippen molar-refractivity contribution in [3.05, 3.63) is 0 Å². The van der Waals surface area contributed by atoms with Crippen LogP contribution in [0.3, 0.4) is 0 Å². The molecule has 0 saturated heterocycles. The van der Waals surface area contributed by atoms with Crippen molar-refractivity contribution < 1.29 is 9.18 Å². The predicted molar refractivity (Wildman–Crippen MR) is 72.1 cm³/mol. The van der Waals surface area contributed by atoms with Crippen molar-refractivity contribution in [1.82, 2.24) is 0 Å². The van der Waals surface area contributed by atoms with Gasteiger partial charge in [0.1, 0.15) is 6.29 Å². The van der Waals surface area contributed by atoms with E-state index in [1.165, 1.54) is 57.8 Å². The fourth-order valence-electron chi connectivity index (χ4n) is 2.09. The highest BCUT2D eigenvalue weighted by Crippen LogP contribution is 2.12. The van der Waals surface area contributed by atoms with E-state index in [0.717, 1.165) is 32.0 Å². The van der Waals surface area contributed by atoms with Gasteiger partial charge >= 0.3 is 0 Å². The molecule has 0 rings (SSSR count). The van der Waals surface area contributed by atoms with Gasteiger partial charge in [-0.3, -0.25) is 4.39 Å². The molecule has 2 heteroatoms. The van der Waals surface area contributed by atoms with E-state index in [9.17, 15) is 9.18 Å². The maximum atomic E-state index is 11.8. The van der Waals surface area contributed by atoms with Crippen LogP contribution in [0.15, 0.2) is 0 Å². The Labute approximate surface area is 106 Å². The van der Waals surface area contributed by atoms with Crippen LogP contribution < -0.4 is 0 Å². The summed E-state index contributed by atoms with van der Waals surface area (Å²) in [6, 6.07) is 0. The number of alkyl halides is 1. The smallest absolute Gasteiger partial charge is 0.119 e. The standard InChI is InChI=1S/C15H29FO/c16-14-12-10-8-6-4-2-1-3-5-7-9-11-13-15-17/h15H,1-14H2. The third-order valence-electron chi connectivity index (χ3n) is 3.21. The van der Waals surface area contributed by atoms with Gasteiger partial charge in [0.25, 0.3) is 0 Å². The molecule has 0 bridgehead atoms. The number of carbonyl (C=O) groups excluding carboxylic acids is 1. The molecule has 0 amide bonds. The average Bonchev–Trinajstić information content (AvgIpc) is 2.35. The lowest BCUT2D eigenvalue weighted by Gasteiger charge is -2.02. The first-order chi connectivity index (χ1) is 8.41. The van der Waals surface area contributed by atoms with E-state index < -0.39 is 0 Å². The molecule has 0 saturated carbocycles. The average molecular weight is 244 g/mol. The van der Waals surface area contributed by atoms with Crippen LogP contribution >= 0.6 is 0 Å². The van der Waals surface area contributed by atoms with Gasteiger partial charge < -0.3 is 4.79 Å². The van der Waals surface area contributed by atoms with Crippen LogP contribution in [0, 0.1) is 0 Å². The second-order valence-electron chi connectivity index (χ2n) is 4.89. The highest BCUT2D eigenvalue weighted by Gasteiger charge is 1.93. The van der Waals surface area contributed by atoms with Gasteiger partial charge in [0.05, 0.1) is 6.67 Å². The molecule has 0 spiro atoms. The highest BCUT2D eigenvalue weighted by atomic mass is 19.1. The molecule has 0 radical (unpaired) electrons. The molecule has 0 aromatic carbocycles. The van der Waals surface area contributed by atoms with Crippen molar-refractivity contribution in [3.63, 3.8) is 0 Å².